The van der Waals surface area contributed by atoms with Crippen molar-refractivity contribution in [1.29, 1.82) is 0 Å². The number of pyridine rings is 1. The molecule has 0 radical (unpaired) electrons. The second-order valence-electron chi connectivity index (χ2n) is 6.67. The van der Waals surface area contributed by atoms with Gasteiger partial charge in [0.15, 0.2) is 0 Å². The number of carbonyl (C=O) groups excluding carboxylic acids is 2. The second-order valence-corrected chi connectivity index (χ2v) is 6.67. The molecule has 7 nitrogen and oxygen atoms in total. The van der Waals surface area contributed by atoms with Crippen molar-refractivity contribution in [2.75, 3.05) is 31.1 Å². The molecule has 2 aliphatic rings. The normalized spacial score (nSPS) is 24.2. The minimum absolute atomic E-state index is 0.168. The number of nitrogens with two attached hydrogens (primary N) is 2. The summed E-state index contributed by atoms with van der Waals surface area (Å²) in [5.74, 6) is 0.641. The Hall–Kier alpha value is -2.15. The van der Waals surface area contributed by atoms with Gasteiger partial charge in [0.2, 0.25) is 5.91 Å². The fraction of sp³-hybridized carbons (Fsp3) is 0.588. The average molecular weight is 331 g/mol. The molecule has 1 aromatic heterocycles. The number of amides is 2. The van der Waals surface area contributed by atoms with Gasteiger partial charge in [-0.25, -0.2) is 4.98 Å². The van der Waals surface area contributed by atoms with E-state index in [1.54, 1.807) is 18.3 Å². The molecule has 130 valence electrons. The van der Waals surface area contributed by atoms with Crippen molar-refractivity contribution in [3.8, 4) is 0 Å². The predicted molar refractivity (Wildman–Crippen MR) is 91.5 cm³/mol. The largest absolute Gasteiger partial charge is 0.365 e. The van der Waals surface area contributed by atoms with Gasteiger partial charge in [-0.2, -0.15) is 0 Å². The molecule has 1 saturated heterocycles. The van der Waals surface area contributed by atoms with Crippen LogP contribution in [0, 0.1) is 5.92 Å². The summed E-state index contributed by atoms with van der Waals surface area (Å²) in [5, 5.41) is 0. The highest BCUT2D eigenvalue weighted by Crippen LogP contribution is 2.27. The molecule has 1 aromatic rings. The van der Waals surface area contributed by atoms with Gasteiger partial charge >= 0.3 is 0 Å². The minimum Gasteiger partial charge on any atom is -0.365 e. The summed E-state index contributed by atoms with van der Waals surface area (Å²) in [5.41, 5.74) is 11.9. The maximum atomic E-state index is 12.5. The Morgan fingerprint density at radius 1 is 1.21 bits per heavy atom. The van der Waals surface area contributed by atoms with Crippen LogP contribution in [0.2, 0.25) is 0 Å². The molecule has 1 aliphatic carbocycles. The Bertz CT molecular complexity index is 613. The van der Waals surface area contributed by atoms with Gasteiger partial charge < -0.3 is 21.3 Å². The van der Waals surface area contributed by atoms with Gasteiger partial charge in [-0.1, -0.05) is 6.42 Å². The number of nitrogens with zero attached hydrogens (tertiary/aromatic N) is 3. The number of anilines is 1. The third-order valence-corrected chi connectivity index (χ3v) is 5.14. The van der Waals surface area contributed by atoms with E-state index in [2.05, 4.69) is 4.98 Å². The number of primary amides is 1. The maximum Gasteiger partial charge on any atom is 0.252 e. The van der Waals surface area contributed by atoms with Crippen LogP contribution in [0.3, 0.4) is 0 Å². The van der Waals surface area contributed by atoms with E-state index in [-0.39, 0.29) is 11.9 Å². The maximum absolute atomic E-state index is 12.5. The molecule has 24 heavy (non-hydrogen) atoms. The zero-order valence-electron chi connectivity index (χ0n) is 13.9. The number of hydrogen-bond donors (Lipinski definition) is 2. The molecule has 2 fully saturated rings. The fourth-order valence-corrected chi connectivity index (χ4v) is 3.68. The van der Waals surface area contributed by atoms with Gasteiger partial charge in [0.05, 0.1) is 5.56 Å². The molecule has 7 heteroatoms. The zero-order chi connectivity index (χ0) is 17.1. The van der Waals surface area contributed by atoms with Crippen LogP contribution in [0.25, 0.3) is 0 Å². The molecule has 4 N–H and O–H groups in total. The number of piperazine rings is 1. The van der Waals surface area contributed by atoms with E-state index in [1.165, 1.54) is 0 Å². The first-order valence-corrected chi connectivity index (χ1v) is 8.59. The van der Waals surface area contributed by atoms with Crippen LogP contribution in [-0.2, 0) is 4.79 Å². The third kappa shape index (κ3) is 3.51. The molecule has 3 rings (SSSR count). The lowest BCUT2D eigenvalue weighted by molar-refractivity contribution is -0.132. The van der Waals surface area contributed by atoms with Crippen LogP contribution in [-0.4, -0.2) is 53.9 Å². The van der Waals surface area contributed by atoms with E-state index in [4.69, 9.17) is 11.5 Å². The summed E-state index contributed by atoms with van der Waals surface area (Å²) in [6, 6.07) is 3.56. The summed E-state index contributed by atoms with van der Waals surface area (Å²) in [6.45, 7) is 2.57. The molecule has 1 aliphatic heterocycles. The van der Waals surface area contributed by atoms with Gasteiger partial charge in [-0.05, 0) is 30.9 Å². The lowest BCUT2D eigenvalue weighted by Gasteiger charge is -2.36. The highest BCUT2D eigenvalue weighted by atomic mass is 16.2. The molecular formula is C17H25N5O2. The van der Waals surface area contributed by atoms with E-state index in [1.807, 2.05) is 9.80 Å². The molecule has 2 heterocycles. The Morgan fingerprint density at radius 2 is 1.96 bits per heavy atom. The first kappa shape index (κ1) is 16.7. The average Bonchev–Trinajstić information content (AvgIpc) is 3.00. The summed E-state index contributed by atoms with van der Waals surface area (Å²) < 4.78 is 0. The SMILES string of the molecule is NC(=O)c1cccnc1N1CCN(C(=O)C[C@@H]2CCC[C@H]2N)CC1. The van der Waals surface area contributed by atoms with Gasteiger partial charge in [0, 0.05) is 44.8 Å². The summed E-state index contributed by atoms with van der Waals surface area (Å²) in [4.78, 5) is 32.2. The lowest BCUT2D eigenvalue weighted by Crippen LogP contribution is -2.50. The summed E-state index contributed by atoms with van der Waals surface area (Å²) >= 11 is 0. The molecule has 0 unspecified atom stereocenters. The Balaban J connectivity index is 1.58. The second kappa shape index (κ2) is 7.17. The van der Waals surface area contributed by atoms with Crippen LogP contribution >= 0.6 is 0 Å². The van der Waals surface area contributed by atoms with Crippen molar-refractivity contribution >= 4 is 17.6 Å². The van der Waals surface area contributed by atoms with E-state index in [9.17, 15) is 9.59 Å². The fourth-order valence-electron chi connectivity index (χ4n) is 3.68. The van der Waals surface area contributed by atoms with Crippen LogP contribution in [0.15, 0.2) is 18.3 Å². The minimum atomic E-state index is -0.480. The highest BCUT2D eigenvalue weighted by Gasteiger charge is 2.30. The van der Waals surface area contributed by atoms with Gasteiger partial charge in [-0.3, -0.25) is 9.59 Å². The van der Waals surface area contributed by atoms with Crippen LogP contribution in [0.1, 0.15) is 36.0 Å². The van der Waals surface area contributed by atoms with Crippen molar-refractivity contribution in [2.24, 2.45) is 17.4 Å². The zero-order valence-corrected chi connectivity index (χ0v) is 13.9. The first-order chi connectivity index (χ1) is 11.6. The van der Waals surface area contributed by atoms with E-state index in [0.29, 0.717) is 49.9 Å². The number of hydrogen-bond acceptors (Lipinski definition) is 5. The monoisotopic (exact) mass is 331 g/mol. The van der Waals surface area contributed by atoms with E-state index < -0.39 is 5.91 Å². The molecular weight excluding hydrogens is 306 g/mol. The van der Waals surface area contributed by atoms with Crippen molar-refractivity contribution < 1.29 is 9.59 Å². The van der Waals surface area contributed by atoms with Crippen LogP contribution < -0.4 is 16.4 Å². The molecule has 1 saturated carbocycles. The number of aromatic nitrogens is 1. The molecule has 0 aromatic carbocycles. The van der Waals surface area contributed by atoms with Crippen molar-refractivity contribution in [3.05, 3.63) is 23.9 Å². The van der Waals surface area contributed by atoms with Crippen LogP contribution in [0.5, 0.6) is 0 Å². The van der Waals surface area contributed by atoms with E-state index >= 15 is 0 Å². The molecule has 2 amide bonds. The Kier molecular flexibility index (Phi) is 4.99. The quantitative estimate of drug-likeness (QED) is 0.828. The lowest BCUT2D eigenvalue weighted by atomic mass is 9.99. The van der Waals surface area contributed by atoms with Crippen molar-refractivity contribution in [2.45, 2.75) is 31.7 Å². The summed E-state index contributed by atoms with van der Waals surface area (Å²) in [7, 11) is 0. The third-order valence-electron chi connectivity index (χ3n) is 5.14. The van der Waals surface area contributed by atoms with E-state index in [0.717, 1.165) is 19.3 Å². The molecule has 0 bridgehead atoms. The van der Waals surface area contributed by atoms with Crippen molar-refractivity contribution in [1.82, 2.24) is 9.88 Å². The number of rotatable bonds is 4. The topological polar surface area (TPSA) is 106 Å². The summed E-state index contributed by atoms with van der Waals surface area (Å²) in [6.07, 6.45) is 5.42. The Morgan fingerprint density at radius 3 is 2.58 bits per heavy atom. The first-order valence-electron chi connectivity index (χ1n) is 8.59. The molecule has 0 spiro atoms. The number of carbonyl (C=O) groups is 2. The standard InChI is InChI=1S/C17H25N5O2/c18-14-5-1-3-12(14)11-15(23)21-7-9-22(10-8-21)17-13(16(19)24)4-2-6-20-17/h2,4,6,12,14H,1,3,5,7-11,18H2,(H2,19,24)/t12-,14+/m0/s1. The van der Waals surface area contributed by atoms with Gasteiger partial charge in [-0.15, -0.1) is 0 Å². The van der Waals surface area contributed by atoms with Gasteiger partial charge in [0.25, 0.3) is 5.91 Å². The Labute approximate surface area is 142 Å². The smallest absolute Gasteiger partial charge is 0.252 e. The van der Waals surface area contributed by atoms with Gasteiger partial charge in [0.1, 0.15) is 5.82 Å². The predicted octanol–water partition coefficient (Wildman–Crippen LogP) is 0.347. The van der Waals surface area contributed by atoms with Crippen molar-refractivity contribution in [3.63, 3.8) is 0 Å². The van der Waals surface area contributed by atoms with Crippen LogP contribution in [0.4, 0.5) is 5.82 Å². The molecule has 2 atom stereocenters. The highest BCUT2D eigenvalue weighted by molar-refractivity contribution is 5.97.